The normalized spacial score (nSPS) is 17.6. The standard InChI is InChI=1S/C20H23NO3/c1-15-3-7-17(8-4-15)20(22)21-11-12-23-19(13-21)14-24-18-9-5-16(2)6-10-18/h3-10,19H,11-14H2,1-2H3. The van der Waals surface area contributed by atoms with Crippen molar-refractivity contribution in [3.63, 3.8) is 0 Å². The summed E-state index contributed by atoms with van der Waals surface area (Å²) in [6.45, 7) is 6.22. The number of carbonyl (C=O) groups is 1. The van der Waals surface area contributed by atoms with Gasteiger partial charge in [0.15, 0.2) is 0 Å². The van der Waals surface area contributed by atoms with E-state index < -0.39 is 0 Å². The van der Waals surface area contributed by atoms with E-state index in [0.717, 1.165) is 16.9 Å². The van der Waals surface area contributed by atoms with E-state index in [4.69, 9.17) is 9.47 Å². The second kappa shape index (κ2) is 7.49. The van der Waals surface area contributed by atoms with Crippen molar-refractivity contribution >= 4 is 5.91 Å². The fraction of sp³-hybridized carbons (Fsp3) is 0.350. The number of amides is 1. The minimum atomic E-state index is -0.102. The van der Waals surface area contributed by atoms with Gasteiger partial charge in [-0.25, -0.2) is 0 Å². The highest BCUT2D eigenvalue weighted by Gasteiger charge is 2.25. The molecule has 126 valence electrons. The molecule has 0 saturated carbocycles. The Morgan fingerprint density at radius 3 is 2.38 bits per heavy atom. The van der Waals surface area contributed by atoms with Crippen LogP contribution in [0.25, 0.3) is 0 Å². The summed E-state index contributed by atoms with van der Waals surface area (Å²) in [5.74, 6) is 0.879. The van der Waals surface area contributed by atoms with Crippen LogP contribution in [0, 0.1) is 13.8 Å². The number of benzene rings is 2. The van der Waals surface area contributed by atoms with Crippen LogP contribution in [0.3, 0.4) is 0 Å². The molecule has 0 aliphatic carbocycles. The molecule has 1 aliphatic heterocycles. The lowest BCUT2D eigenvalue weighted by molar-refractivity contribution is -0.0401. The van der Waals surface area contributed by atoms with Crippen LogP contribution in [-0.4, -0.2) is 43.2 Å². The van der Waals surface area contributed by atoms with E-state index in [0.29, 0.717) is 26.3 Å². The van der Waals surface area contributed by atoms with Crippen LogP contribution < -0.4 is 4.74 Å². The third-order valence-corrected chi connectivity index (χ3v) is 4.18. The predicted molar refractivity (Wildman–Crippen MR) is 93.5 cm³/mol. The van der Waals surface area contributed by atoms with Crippen molar-refractivity contribution in [2.24, 2.45) is 0 Å². The summed E-state index contributed by atoms with van der Waals surface area (Å²) >= 11 is 0. The van der Waals surface area contributed by atoms with Gasteiger partial charge in [-0.2, -0.15) is 0 Å². The zero-order valence-electron chi connectivity index (χ0n) is 14.2. The highest BCUT2D eigenvalue weighted by Crippen LogP contribution is 2.15. The molecule has 1 saturated heterocycles. The second-order valence-corrected chi connectivity index (χ2v) is 6.23. The SMILES string of the molecule is Cc1ccc(OCC2CN(C(=O)c3ccc(C)cc3)CCO2)cc1. The van der Waals surface area contributed by atoms with Gasteiger partial charge in [0.05, 0.1) is 13.2 Å². The smallest absolute Gasteiger partial charge is 0.254 e. The van der Waals surface area contributed by atoms with Crippen LogP contribution in [-0.2, 0) is 4.74 Å². The summed E-state index contributed by atoms with van der Waals surface area (Å²) in [6, 6.07) is 15.6. The highest BCUT2D eigenvalue weighted by molar-refractivity contribution is 5.94. The average molecular weight is 325 g/mol. The molecule has 0 N–H and O–H groups in total. The Balaban J connectivity index is 1.56. The third-order valence-electron chi connectivity index (χ3n) is 4.18. The largest absolute Gasteiger partial charge is 0.491 e. The van der Waals surface area contributed by atoms with E-state index in [2.05, 4.69) is 0 Å². The number of ether oxygens (including phenoxy) is 2. The molecule has 1 aliphatic rings. The van der Waals surface area contributed by atoms with E-state index >= 15 is 0 Å². The van der Waals surface area contributed by atoms with Crippen LogP contribution in [0.2, 0.25) is 0 Å². The van der Waals surface area contributed by atoms with Crippen LogP contribution >= 0.6 is 0 Å². The molecule has 4 nitrogen and oxygen atoms in total. The average Bonchev–Trinajstić information content (AvgIpc) is 2.61. The molecule has 1 fully saturated rings. The quantitative estimate of drug-likeness (QED) is 0.866. The van der Waals surface area contributed by atoms with Gasteiger partial charge in [0.2, 0.25) is 0 Å². The second-order valence-electron chi connectivity index (χ2n) is 6.23. The highest BCUT2D eigenvalue weighted by atomic mass is 16.5. The monoisotopic (exact) mass is 325 g/mol. The van der Waals surface area contributed by atoms with Crippen molar-refractivity contribution in [1.29, 1.82) is 0 Å². The van der Waals surface area contributed by atoms with Gasteiger partial charge in [-0.15, -0.1) is 0 Å². The Bertz CT molecular complexity index is 679. The fourth-order valence-electron chi connectivity index (χ4n) is 2.71. The maximum absolute atomic E-state index is 12.6. The number of nitrogens with zero attached hydrogens (tertiary/aromatic N) is 1. The van der Waals surface area contributed by atoms with Gasteiger partial charge in [-0.3, -0.25) is 4.79 Å². The van der Waals surface area contributed by atoms with Gasteiger partial charge < -0.3 is 14.4 Å². The molecule has 3 rings (SSSR count). The number of hydrogen-bond acceptors (Lipinski definition) is 3. The Hall–Kier alpha value is -2.33. The first-order chi connectivity index (χ1) is 11.6. The van der Waals surface area contributed by atoms with Gasteiger partial charge in [0.1, 0.15) is 18.5 Å². The minimum Gasteiger partial charge on any atom is -0.491 e. The van der Waals surface area contributed by atoms with Gasteiger partial charge >= 0.3 is 0 Å². The molecule has 2 aromatic rings. The summed E-state index contributed by atoms with van der Waals surface area (Å²) in [5.41, 5.74) is 3.07. The molecule has 1 heterocycles. The molecule has 4 heteroatoms. The van der Waals surface area contributed by atoms with Crippen molar-refractivity contribution in [1.82, 2.24) is 4.90 Å². The number of carbonyl (C=O) groups excluding carboxylic acids is 1. The third kappa shape index (κ3) is 4.15. The Morgan fingerprint density at radius 2 is 1.71 bits per heavy atom. The van der Waals surface area contributed by atoms with Crippen molar-refractivity contribution in [2.45, 2.75) is 20.0 Å². The Kier molecular flexibility index (Phi) is 5.16. The summed E-state index contributed by atoms with van der Waals surface area (Å²) in [4.78, 5) is 14.4. The van der Waals surface area contributed by atoms with E-state index in [-0.39, 0.29) is 12.0 Å². The Labute approximate surface area is 143 Å². The summed E-state index contributed by atoms with van der Waals surface area (Å²) in [6.07, 6.45) is -0.102. The topological polar surface area (TPSA) is 38.8 Å². The number of rotatable bonds is 4. The van der Waals surface area contributed by atoms with Crippen molar-refractivity contribution in [3.05, 3.63) is 65.2 Å². The van der Waals surface area contributed by atoms with Crippen molar-refractivity contribution in [2.75, 3.05) is 26.3 Å². The van der Waals surface area contributed by atoms with E-state index in [1.165, 1.54) is 5.56 Å². The first-order valence-corrected chi connectivity index (χ1v) is 8.29. The number of morpholine rings is 1. The fourth-order valence-corrected chi connectivity index (χ4v) is 2.71. The molecule has 0 radical (unpaired) electrons. The lowest BCUT2D eigenvalue weighted by Gasteiger charge is -2.33. The van der Waals surface area contributed by atoms with Gasteiger partial charge in [0.25, 0.3) is 5.91 Å². The lowest BCUT2D eigenvalue weighted by atomic mass is 10.1. The minimum absolute atomic E-state index is 0.0543. The summed E-state index contributed by atoms with van der Waals surface area (Å²) in [7, 11) is 0. The number of hydrogen-bond donors (Lipinski definition) is 0. The van der Waals surface area contributed by atoms with Crippen LogP contribution in [0.1, 0.15) is 21.5 Å². The number of aryl methyl sites for hydroxylation is 2. The van der Waals surface area contributed by atoms with Crippen LogP contribution in [0.4, 0.5) is 0 Å². The molecule has 0 spiro atoms. The summed E-state index contributed by atoms with van der Waals surface area (Å²) in [5, 5.41) is 0. The molecule has 0 aromatic heterocycles. The Morgan fingerprint density at radius 1 is 1.08 bits per heavy atom. The van der Waals surface area contributed by atoms with Gasteiger partial charge in [-0.1, -0.05) is 35.4 Å². The summed E-state index contributed by atoms with van der Waals surface area (Å²) < 4.78 is 11.5. The molecule has 24 heavy (non-hydrogen) atoms. The predicted octanol–water partition coefficient (Wildman–Crippen LogP) is 3.22. The van der Waals surface area contributed by atoms with Gasteiger partial charge in [0, 0.05) is 12.1 Å². The lowest BCUT2D eigenvalue weighted by Crippen LogP contribution is -2.47. The molecule has 2 aromatic carbocycles. The van der Waals surface area contributed by atoms with Crippen LogP contribution in [0.5, 0.6) is 5.75 Å². The van der Waals surface area contributed by atoms with Crippen molar-refractivity contribution < 1.29 is 14.3 Å². The van der Waals surface area contributed by atoms with Crippen LogP contribution in [0.15, 0.2) is 48.5 Å². The zero-order chi connectivity index (χ0) is 16.9. The molecular formula is C20H23NO3. The first kappa shape index (κ1) is 16.5. The molecule has 1 atom stereocenters. The molecule has 1 amide bonds. The molecular weight excluding hydrogens is 302 g/mol. The van der Waals surface area contributed by atoms with Crippen molar-refractivity contribution in [3.8, 4) is 5.75 Å². The van der Waals surface area contributed by atoms with E-state index in [9.17, 15) is 4.79 Å². The van der Waals surface area contributed by atoms with E-state index in [1.807, 2.05) is 67.3 Å². The van der Waals surface area contributed by atoms with E-state index in [1.54, 1.807) is 0 Å². The first-order valence-electron chi connectivity index (χ1n) is 8.29. The molecule has 1 unspecified atom stereocenters. The molecule has 0 bridgehead atoms. The maximum atomic E-state index is 12.6. The zero-order valence-corrected chi connectivity index (χ0v) is 14.2. The van der Waals surface area contributed by atoms with Gasteiger partial charge in [-0.05, 0) is 38.1 Å². The maximum Gasteiger partial charge on any atom is 0.254 e.